The van der Waals surface area contributed by atoms with Crippen LogP contribution < -0.4 is 5.32 Å². The lowest BCUT2D eigenvalue weighted by Gasteiger charge is -2.08. The molecule has 25 heavy (non-hydrogen) atoms. The van der Waals surface area contributed by atoms with Gasteiger partial charge in [0.1, 0.15) is 11.4 Å². The first-order valence-electron chi connectivity index (χ1n) is 8.16. The zero-order chi connectivity index (χ0) is 17.1. The fraction of sp³-hybridized carbons (Fsp3) is 0.100. The van der Waals surface area contributed by atoms with Crippen molar-refractivity contribution in [2.75, 3.05) is 0 Å². The highest BCUT2D eigenvalue weighted by molar-refractivity contribution is 5.94. The number of pyridine rings is 1. The van der Waals surface area contributed by atoms with Gasteiger partial charge in [-0.05, 0) is 23.8 Å². The molecule has 0 aliphatic heterocycles. The molecule has 124 valence electrons. The van der Waals surface area contributed by atoms with E-state index in [1.807, 2.05) is 36.4 Å². The Bertz CT molecular complexity index is 981. The molecule has 0 saturated heterocycles. The average Bonchev–Trinajstić information content (AvgIpc) is 3.06. The lowest BCUT2D eigenvalue weighted by molar-refractivity contribution is 0.465. The average molecular weight is 330 g/mol. The van der Waals surface area contributed by atoms with Crippen molar-refractivity contribution in [1.82, 2.24) is 20.5 Å². The zero-order valence-electron chi connectivity index (χ0n) is 13.6. The van der Waals surface area contributed by atoms with Crippen LogP contribution in [0.2, 0.25) is 0 Å². The Morgan fingerprint density at radius 3 is 2.56 bits per heavy atom. The minimum Gasteiger partial charge on any atom is -0.508 e. The second-order valence-corrected chi connectivity index (χ2v) is 5.92. The molecule has 0 unspecified atom stereocenters. The third-order valence-electron chi connectivity index (χ3n) is 4.20. The number of aromatic amines is 1. The van der Waals surface area contributed by atoms with Crippen molar-refractivity contribution >= 4 is 10.9 Å². The monoisotopic (exact) mass is 330 g/mol. The highest BCUT2D eigenvalue weighted by atomic mass is 16.3. The van der Waals surface area contributed by atoms with Crippen LogP contribution in [0.3, 0.4) is 0 Å². The van der Waals surface area contributed by atoms with Crippen LogP contribution in [0.5, 0.6) is 5.75 Å². The third-order valence-corrected chi connectivity index (χ3v) is 4.20. The van der Waals surface area contributed by atoms with Crippen molar-refractivity contribution in [3.63, 3.8) is 0 Å². The summed E-state index contributed by atoms with van der Waals surface area (Å²) < 4.78 is 0. The van der Waals surface area contributed by atoms with Gasteiger partial charge < -0.3 is 10.4 Å². The molecule has 4 aromatic rings. The summed E-state index contributed by atoms with van der Waals surface area (Å²) in [6.45, 7) is 1.33. The molecule has 0 aliphatic rings. The standard InChI is InChI=1S/C20H18N4O/c25-19-11-18-17(20(24-23-18)15-6-8-21-9-7-15)10-16(19)13-22-12-14-4-2-1-3-5-14/h1-11,22,25H,12-13H2,(H,23,24). The lowest BCUT2D eigenvalue weighted by Crippen LogP contribution is -2.12. The number of aromatic hydroxyl groups is 1. The summed E-state index contributed by atoms with van der Waals surface area (Å²) in [5.74, 6) is 0.262. The molecule has 0 fully saturated rings. The van der Waals surface area contributed by atoms with Crippen LogP contribution in [0.1, 0.15) is 11.1 Å². The third kappa shape index (κ3) is 3.22. The van der Waals surface area contributed by atoms with Crippen LogP contribution in [0.25, 0.3) is 22.2 Å². The van der Waals surface area contributed by atoms with Gasteiger partial charge in [-0.2, -0.15) is 5.10 Å². The minimum atomic E-state index is 0.262. The molecule has 0 radical (unpaired) electrons. The molecule has 0 amide bonds. The molecule has 0 aliphatic carbocycles. The van der Waals surface area contributed by atoms with E-state index in [1.54, 1.807) is 18.5 Å². The van der Waals surface area contributed by atoms with E-state index in [9.17, 15) is 5.11 Å². The van der Waals surface area contributed by atoms with Crippen LogP contribution in [0.4, 0.5) is 0 Å². The molecular formula is C20H18N4O. The summed E-state index contributed by atoms with van der Waals surface area (Å²) in [6.07, 6.45) is 3.50. The molecule has 0 bridgehead atoms. The molecule has 0 atom stereocenters. The summed E-state index contributed by atoms with van der Waals surface area (Å²) in [4.78, 5) is 4.05. The van der Waals surface area contributed by atoms with Gasteiger partial charge in [0.25, 0.3) is 0 Å². The first kappa shape index (κ1) is 15.4. The van der Waals surface area contributed by atoms with E-state index in [1.165, 1.54) is 5.56 Å². The Morgan fingerprint density at radius 2 is 1.76 bits per heavy atom. The fourth-order valence-electron chi connectivity index (χ4n) is 2.91. The largest absolute Gasteiger partial charge is 0.508 e. The SMILES string of the molecule is Oc1cc2[nH]nc(-c3ccncc3)c2cc1CNCc1ccccc1. The number of fused-ring (bicyclic) bond motifs is 1. The smallest absolute Gasteiger partial charge is 0.122 e. The van der Waals surface area contributed by atoms with Crippen molar-refractivity contribution in [1.29, 1.82) is 0 Å². The van der Waals surface area contributed by atoms with E-state index >= 15 is 0 Å². The van der Waals surface area contributed by atoms with Gasteiger partial charge in [-0.3, -0.25) is 10.1 Å². The fourth-order valence-corrected chi connectivity index (χ4v) is 2.91. The van der Waals surface area contributed by atoms with Gasteiger partial charge in [0.05, 0.1) is 5.52 Å². The Balaban J connectivity index is 1.60. The molecule has 4 rings (SSSR count). The second kappa shape index (κ2) is 6.75. The minimum absolute atomic E-state index is 0.262. The Hall–Kier alpha value is -3.18. The molecule has 0 spiro atoms. The van der Waals surface area contributed by atoms with Crippen LogP contribution >= 0.6 is 0 Å². The highest BCUT2D eigenvalue weighted by Gasteiger charge is 2.12. The van der Waals surface area contributed by atoms with Crippen LogP contribution in [0, 0.1) is 0 Å². The number of benzene rings is 2. The number of hydrogen-bond donors (Lipinski definition) is 3. The Kier molecular flexibility index (Phi) is 4.14. The van der Waals surface area contributed by atoms with Crippen molar-refractivity contribution < 1.29 is 5.11 Å². The molecular weight excluding hydrogens is 312 g/mol. The van der Waals surface area contributed by atoms with Crippen molar-refractivity contribution in [2.45, 2.75) is 13.1 Å². The van der Waals surface area contributed by atoms with E-state index in [0.717, 1.165) is 34.3 Å². The molecule has 5 heteroatoms. The number of nitrogens with zero attached hydrogens (tertiary/aromatic N) is 2. The number of H-pyrrole nitrogens is 1. The number of hydrogen-bond acceptors (Lipinski definition) is 4. The molecule has 2 aromatic heterocycles. The van der Waals surface area contributed by atoms with Gasteiger partial charge in [-0.15, -0.1) is 0 Å². The van der Waals surface area contributed by atoms with Crippen LogP contribution in [0.15, 0.2) is 67.0 Å². The number of phenols is 1. The van der Waals surface area contributed by atoms with Gasteiger partial charge in [0, 0.05) is 48.1 Å². The maximum absolute atomic E-state index is 10.3. The van der Waals surface area contributed by atoms with Gasteiger partial charge in [0.15, 0.2) is 0 Å². The Labute approximate surface area is 145 Å². The Morgan fingerprint density at radius 1 is 0.960 bits per heavy atom. The summed E-state index contributed by atoms with van der Waals surface area (Å²) in [7, 11) is 0. The van der Waals surface area contributed by atoms with Crippen molar-refractivity contribution in [3.05, 3.63) is 78.1 Å². The molecule has 2 heterocycles. The molecule has 3 N–H and O–H groups in total. The van der Waals surface area contributed by atoms with E-state index < -0.39 is 0 Å². The maximum atomic E-state index is 10.3. The molecule has 0 saturated carbocycles. The number of nitrogens with one attached hydrogen (secondary N) is 2. The van der Waals surface area contributed by atoms with Crippen molar-refractivity contribution in [2.24, 2.45) is 0 Å². The summed E-state index contributed by atoms with van der Waals surface area (Å²) >= 11 is 0. The topological polar surface area (TPSA) is 73.8 Å². The van der Waals surface area contributed by atoms with E-state index in [4.69, 9.17) is 0 Å². The number of aromatic nitrogens is 3. The summed E-state index contributed by atoms with van der Waals surface area (Å²) in [5, 5.41) is 22.0. The van der Waals surface area contributed by atoms with E-state index in [-0.39, 0.29) is 5.75 Å². The van der Waals surface area contributed by atoms with Gasteiger partial charge in [-0.1, -0.05) is 30.3 Å². The first-order chi connectivity index (χ1) is 12.3. The van der Waals surface area contributed by atoms with Crippen molar-refractivity contribution in [3.8, 4) is 17.0 Å². The molecule has 2 aromatic carbocycles. The maximum Gasteiger partial charge on any atom is 0.122 e. The summed E-state index contributed by atoms with van der Waals surface area (Å²) in [6, 6.07) is 17.8. The van der Waals surface area contributed by atoms with E-state index in [0.29, 0.717) is 6.54 Å². The van der Waals surface area contributed by atoms with Gasteiger partial charge in [0.2, 0.25) is 0 Å². The normalized spacial score (nSPS) is 11.0. The zero-order valence-corrected chi connectivity index (χ0v) is 13.6. The quantitative estimate of drug-likeness (QED) is 0.522. The number of rotatable bonds is 5. The highest BCUT2D eigenvalue weighted by Crippen LogP contribution is 2.30. The number of phenolic OH excluding ortho intramolecular Hbond substituents is 1. The first-order valence-corrected chi connectivity index (χ1v) is 8.16. The summed E-state index contributed by atoms with van der Waals surface area (Å²) in [5.41, 5.74) is 4.73. The van der Waals surface area contributed by atoms with Crippen LogP contribution in [-0.2, 0) is 13.1 Å². The lowest BCUT2D eigenvalue weighted by atomic mass is 10.1. The predicted octanol–water partition coefficient (Wildman–Crippen LogP) is 3.62. The van der Waals surface area contributed by atoms with E-state index in [2.05, 4.69) is 32.6 Å². The van der Waals surface area contributed by atoms with Gasteiger partial charge in [-0.25, -0.2) is 0 Å². The second-order valence-electron chi connectivity index (χ2n) is 5.92. The van der Waals surface area contributed by atoms with Crippen LogP contribution in [-0.4, -0.2) is 20.3 Å². The predicted molar refractivity (Wildman–Crippen MR) is 98.0 cm³/mol. The molecule has 5 nitrogen and oxygen atoms in total. The van der Waals surface area contributed by atoms with Gasteiger partial charge >= 0.3 is 0 Å².